The minimum absolute atomic E-state index is 0.706. The second kappa shape index (κ2) is 4.90. The molecule has 0 atom stereocenters. The summed E-state index contributed by atoms with van der Waals surface area (Å²) < 4.78 is 1.87. The lowest BCUT2D eigenvalue weighted by molar-refractivity contribution is 0.678. The van der Waals surface area contributed by atoms with Crippen LogP contribution < -0.4 is 5.32 Å². The summed E-state index contributed by atoms with van der Waals surface area (Å²) in [5.74, 6) is 0.915. The van der Waals surface area contributed by atoms with Gasteiger partial charge >= 0.3 is 0 Å². The fourth-order valence-electron chi connectivity index (χ4n) is 0.779. The van der Waals surface area contributed by atoms with Gasteiger partial charge in [-0.25, -0.2) is 0 Å². The Balaban J connectivity index is 2.28. The zero-order valence-corrected chi connectivity index (χ0v) is 7.62. The normalized spacial score (nSPS) is 11.2. The molecule has 0 bridgehead atoms. The molecular weight excluding hydrogens is 176 g/mol. The van der Waals surface area contributed by atoms with Crippen molar-refractivity contribution in [3.63, 3.8) is 0 Å². The Kier molecular flexibility index (Phi) is 3.76. The first-order valence-electron chi connectivity index (χ1n) is 3.63. The molecule has 0 aromatic carbocycles. The first kappa shape index (κ1) is 9.22. The van der Waals surface area contributed by atoms with E-state index in [-0.39, 0.29) is 0 Å². The molecule has 0 aliphatic rings. The van der Waals surface area contributed by atoms with Crippen molar-refractivity contribution in [1.82, 2.24) is 20.1 Å². The number of hydrogen-bond donors (Lipinski definition) is 1. The molecule has 0 saturated heterocycles. The molecule has 0 amide bonds. The van der Waals surface area contributed by atoms with Crippen LogP contribution >= 0.6 is 11.6 Å². The van der Waals surface area contributed by atoms with E-state index in [1.54, 1.807) is 6.33 Å². The number of hydrogen-bond acceptors (Lipinski definition) is 3. The molecule has 4 nitrogen and oxygen atoms in total. The fraction of sp³-hybridized carbons (Fsp3) is 0.429. The molecule has 1 aromatic rings. The van der Waals surface area contributed by atoms with E-state index in [2.05, 4.69) is 15.5 Å². The molecule has 1 N–H and O–H groups in total. The van der Waals surface area contributed by atoms with Crippen LogP contribution in [-0.4, -0.2) is 21.3 Å². The summed E-state index contributed by atoms with van der Waals surface area (Å²) in [5, 5.41) is 10.8. The predicted molar refractivity (Wildman–Crippen MR) is 47.7 cm³/mol. The van der Waals surface area contributed by atoms with Gasteiger partial charge in [-0.3, -0.25) is 0 Å². The van der Waals surface area contributed by atoms with Gasteiger partial charge in [0.25, 0.3) is 0 Å². The lowest BCUT2D eigenvalue weighted by Gasteiger charge is -1.99. The standard InChI is InChI=1S/C7H11ClN4/c1-12-6-10-11-7(12)5-9-4-2-3-8/h2-3,6,9H,4-5H2,1H3/b3-2+. The Morgan fingerprint density at radius 3 is 3.17 bits per heavy atom. The lowest BCUT2D eigenvalue weighted by Crippen LogP contribution is -2.15. The number of aryl methyl sites for hydroxylation is 1. The highest BCUT2D eigenvalue weighted by molar-refractivity contribution is 6.25. The fourth-order valence-corrected chi connectivity index (χ4v) is 0.868. The molecule has 1 aromatic heterocycles. The number of aromatic nitrogens is 3. The van der Waals surface area contributed by atoms with E-state index in [4.69, 9.17) is 11.6 Å². The second-order valence-corrected chi connectivity index (χ2v) is 2.60. The third-order valence-corrected chi connectivity index (χ3v) is 1.62. The van der Waals surface area contributed by atoms with Crippen LogP contribution in [-0.2, 0) is 13.6 Å². The zero-order chi connectivity index (χ0) is 8.81. The van der Waals surface area contributed by atoms with Crippen molar-refractivity contribution < 1.29 is 0 Å². The van der Waals surface area contributed by atoms with Crippen molar-refractivity contribution >= 4 is 11.6 Å². The average molecular weight is 187 g/mol. The van der Waals surface area contributed by atoms with Gasteiger partial charge in [0.2, 0.25) is 0 Å². The van der Waals surface area contributed by atoms with Gasteiger partial charge in [0, 0.05) is 19.1 Å². The van der Waals surface area contributed by atoms with Crippen LogP contribution in [0.4, 0.5) is 0 Å². The SMILES string of the molecule is Cn1cnnc1CNC/C=C/Cl. The minimum Gasteiger partial charge on any atom is -0.320 e. The maximum atomic E-state index is 5.34. The lowest BCUT2D eigenvalue weighted by atomic mass is 10.5. The van der Waals surface area contributed by atoms with Crippen molar-refractivity contribution in [3.8, 4) is 0 Å². The Labute approximate surface area is 76.2 Å². The summed E-state index contributed by atoms with van der Waals surface area (Å²) in [6, 6.07) is 0. The van der Waals surface area contributed by atoms with E-state index in [0.29, 0.717) is 6.54 Å². The smallest absolute Gasteiger partial charge is 0.146 e. The second-order valence-electron chi connectivity index (χ2n) is 2.35. The average Bonchev–Trinajstić information content (AvgIpc) is 2.46. The quantitative estimate of drug-likeness (QED) is 0.703. The van der Waals surface area contributed by atoms with E-state index in [0.717, 1.165) is 12.4 Å². The molecular formula is C7H11ClN4. The highest BCUT2D eigenvalue weighted by atomic mass is 35.5. The molecule has 0 unspecified atom stereocenters. The minimum atomic E-state index is 0.706. The van der Waals surface area contributed by atoms with Crippen LogP contribution in [0.1, 0.15) is 5.82 Å². The van der Waals surface area contributed by atoms with Crippen molar-refractivity contribution in [1.29, 1.82) is 0 Å². The highest BCUT2D eigenvalue weighted by Crippen LogP contribution is 1.89. The van der Waals surface area contributed by atoms with Crippen molar-refractivity contribution in [3.05, 3.63) is 23.8 Å². The van der Waals surface area contributed by atoms with Crippen LogP contribution in [0.25, 0.3) is 0 Å². The van der Waals surface area contributed by atoms with Gasteiger partial charge in [-0.2, -0.15) is 0 Å². The Bertz CT molecular complexity index is 256. The van der Waals surface area contributed by atoms with Crippen molar-refractivity contribution in [2.45, 2.75) is 6.54 Å². The van der Waals surface area contributed by atoms with E-state index in [9.17, 15) is 0 Å². The summed E-state index contributed by atoms with van der Waals surface area (Å²) >= 11 is 5.34. The zero-order valence-electron chi connectivity index (χ0n) is 6.87. The van der Waals surface area contributed by atoms with Gasteiger partial charge in [-0.1, -0.05) is 17.7 Å². The Morgan fingerprint density at radius 1 is 1.75 bits per heavy atom. The number of rotatable bonds is 4. The van der Waals surface area contributed by atoms with Gasteiger partial charge < -0.3 is 9.88 Å². The van der Waals surface area contributed by atoms with Crippen molar-refractivity contribution in [2.75, 3.05) is 6.54 Å². The topological polar surface area (TPSA) is 42.7 Å². The molecule has 1 rings (SSSR count). The molecule has 1 heterocycles. The summed E-state index contributed by atoms with van der Waals surface area (Å²) in [5.41, 5.74) is 1.49. The van der Waals surface area contributed by atoms with Gasteiger partial charge in [-0.05, 0) is 0 Å². The first-order chi connectivity index (χ1) is 5.84. The number of halogens is 1. The van der Waals surface area contributed by atoms with Gasteiger partial charge in [0.1, 0.15) is 12.2 Å². The molecule has 0 aliphatic carbocycles. The van der Waals surface area contributed by atoms with Crippen LogP contribution in [0.15, 0.2) is 17.9 Å². The third-order valence-electron chi connectivity index (χ3n) is 1.44. The summed E-state index contributed by atoms with van der Waals surface area (Å²) in [6.07, 6.45) is 3.51. The van der Waals surface area contributed by atoms with E-state index in [1.807, 2.05) is 17.7 Å². The molecule has 0 aliphatic heterocycles. The molecule has 5 heteroatoms. The van der Waals surface area contributed by atoms with E-state index >= 15 is 0 Å². The molecule has 0 saturated carbocycles. The van der Waals surface area contributed by atoms with Crippen molar-refractivity contribution in [2.24, 2.45) is 7.05 Å². The van der Waals surface area contributed by atoms with Crippen LogP contribution in [0.3, 0.4) is 0 Å². The van der Waals surface area contributed by atoms with Gasteiger partial charge in [0.05, 0.1) is 6.54 Å². The summed E-state index contributed by atoms with van der Waals surface area (Å²) in [7, 11) is 1.91. The maximum Gasteiger partial charge on any atom is 0.146 e. The summed E-state index contributed by atoms with van der Waals surface area (Å²) in [4.78, 5) is 0. The van der Waals surface area contributed by atoms with E-state index in [1.165, 1.54) is 5.54 Å². The van der Waals surface area contributed by atoms with E-state index < -0.39 is 0 Å². The highest BCUT2D eigenvalue weighted by Gasteiger charge is 1.96. The van der Waals surface area contributed by atoms with Crippen LogP contribution in [0.5, 0.6) is 0 Å². The largest absolute Gasteiger partial charge is 0.320 e. The Morgan fingerprint density at radius 2 is 2.58 bits per heavy atom. The van der Waals surface area contributed by atoms with Gasteiger partial charge in [-0.15, -0.1) is 10.2 Å². The molecule has 0 radical (unpaired) electrons. The Hall–Kier alpha value is -0.870. The van der Waals surface area contributed by atoms with Gasteiger partial charge in [0.15, 0.2) is 0 Å². The maximum absolute atomic E-state index is 5.34. The first-order valence-corrected chi connectivity index (χ1v) is 4.07. The van der Waals surface area contributed by atoms with Crippen LogP contribution in [0, 0.1) is 0 Å². The molecule has 0 spiro atoms. The summed E-state index contributed by atoms with van der Waals surface area (Å²) in [6.45, 7) is 1.45. The van der Waals surface area contributed by atoms with Crippen LogP contribution in [0.2, 0.25) is 0 Å². The third kappa shape index (κ3) is 2.64. The predicted octanol–water partition coefficient (Wildman–Crippen LogP) is 0.657. The number of nitrogens with zero attached hydrogens (tertiary/aromatic N) is 3. The molecule has 0 fully saturated rings. The number of nitrogens with one attached hydrogen (secondary N) is 1. The molecule has 66 valence electrons. The molecule has 12 heavy (non-hydrogen) atoms. The monoisotopic (exact) mass is 186 g/mol.